The van der Waals surface area contributed by atoms with E-state index in [1.54, 1.807) is 0 Å². The summed E-state index contributed by atoms with van der Waals surface area (Å²) in [5.41, 5.74) is 1.08. The Balaban J connectivity index is 2.18. The molecule has 1 N–H and O–H groups in total. The molecule has 20 heavy (non-hydrogen) atoms. The SMILES string of the molecule is CC1(C)CN(c2ccc(C(C)(C)C)cn2)CC(CO)O1. The number of anilines is 1. The zero-order chi connectivity index (χ0) is 15.0. The maximum Gasteiger partial charge on any atom is 0.128 e. The Morgan fingerprint density at radius 1 is 1.40 bits per heavy atom. The normalized spacial score (nSPS) is 22.9. The first kappa shape index (κ1) is 15.3. The molecule has 0 amide bonds. The van der Waals surface area contributed by atoms with Gasteiger partial charge in [0.25, 0.3) is 0 Å². The minimum Gasteiger partial charge on any atom is -0.394 e. The van der Waals surface area contributed by atoms with Crippen LogP contribution >= 0.6 is 0 Å². The van der Waals surface area contributed by atoms with Gasteiger partial charge in [0, 0.05) is 19.3 Å². The van der Waals surface area contributed by atoms with Crippen molar-refractivity contribution in [2.45, 2.75) is 51.7 Å². The number of rotatable bonds is 2. The topological polar surface area (TPSA) is 45.6 Å². The Bertz CT molecular complexity index is 449. The fraction of sp³-hybridized carbons (Fsp3) is 0.688. The molecule has 4 heteroatoms. The highest BCUT2D eigenvalue weighted by Crippen LogP contribution is 2.27. The lowest BCUT2D eigenvalue weighted by molar-refractivity contribution is -0.101. The molecule has 2 rings (SSSR count). The van der Waals surface area contributed by atoms with Crippen molar-refractivity contribution in [3.63, 3.8) is 0 Å². The molecule has 1 unspecified atom stereocenters. The number of aromatic nitrogens is 1. The van der Waals surface area contributed by atoms with Gasteiger partial charge < -0.3 is 14.7 Å². The number of pyridine rings is 1. The van der Waals surface area contributed by atoms with Gasteiger partial charge in [-0.05, 0) is 30.9 Å². The van der Waals surface area contributed by atoms with Crippen molar-refractivity contribution in [3.05, 3.63) is 23.9 Å². The van der Waals surface area contributed by atoms with E-state index in [4.69, 9.17) is 4.74 Å². The van der Waals surface area contributed by atoms with Crippen molar-refractivity contribution in [2.75, 3.05) is 24.6 Å². The molecule has 1 aromatic rings. The van der Waals surface area contributed by atoms with E-state index in [0.717, 1.165) is 12.4 Å². The van der Waals surface area contributed by atoms with Gasteiger partial charge in [0.1, 0.15) is 5.82 Å². The third-order valence-electron chi connectivity index (χ3n) is 3.62. The van der Waals surface area contributed by atoms with E-state index in [1.165, 1.54) is 5.56 Å². The van der Waals surface area contributed by atoms with Crippen LogP contribution in [0.3, 0.4) is 0 Å². The molecule has 1 saturated heterocycles. The van der Waals surface area contributed by atoms with Gasteiger partial charge in [-0.3, -0.25) is 0 Å². The van der Waals surface area contributed by atoms with Gasteiger partial charge in [-0.15, -0.1) is 0 Å². The van der Waals surface area contributed by atoms with E-state index < -0.39 is 0 Å². The highest BCUT2D eigenvalue weighted by Gasteiger charge is 2.33. The zero-order valence-corrected chi connectivity index (χ0v) is 13.2. The Hall–Kier alpha value is -1.13. The second-order valence-corrected chi connectivity index (χ2v) is 7.22. The van der Waals surface area contributed by atoms with Crippen molar-refractivity contribution in [1.82, 2.24) is 4.98 Å². The van der Waals surface area contributed by atoms with Crippen molar-refractivity contribution in [2.24, 2.45) is 0 Å². The largest absolute Gasteiger partial charge is 0.394 e. The van der Waals surface area contributed by atoms with Crippen LogP contribution in [0.15, 0.2) is 18.3 Å². The third kappa shape index (κ3) is 3.49. The molecule has 0 aromatic carbocycles. The van der Waals surface area contributed by atoms with Gasteiger partial charge in [-0.25, -0.2) is 4.98 Å². The third-order valence-corrected chi connectivity index (χ3v) is 3.62. The summed E-state index contributed by atoms with van der Waals surface area (Å²) < 4.78 is 5.83. The van der Waals surface area contributed by atoms with Crippen LogP contribution in [0.5, 0.6) is 0 Å². The summed E-state index contributed by atoms with van der Waals surface area (Å²) in [6.45, 7) is 12.2. The number of morpholine rings is 1. The van der Waals surface area contributed by atoms with Crippen LogP contribution in [-0.2, 0) is 10.2 Å². The minimum atomic E-state index is -0.268. The lowest BCUT2D eigenvalue weighted by atomic mass is 9.88. The number of aliphatic hydroxyl groups is 1. The molecule has 1 aliphatic heterocycles. The molecular weight excluding hydrogens is 252 g/mol. The van der Waals surface area contributed by atoms with Crippen molar-refractivity contribution >= 4 is 5.82 Å². The second kappa shape index (κ2) is 5.34. The predicted molar refractivity (Wildman–Crippen MR) is 81.2 cm³/mol. The zero-order valence-electron chi connectivity index (χ0n) is 13.2. The van der Waals surface area contributed by atoms with E-state index in [-0.39, 0.29) is 23.7 Å². The number of nitrogens with zero attached hydrogens (tertiary/aromatic N) is 2. The quantitative estimate of drug-likeness (QED) is 0.902. The number of hydrogen-bond donors (Lipinski definition) is 1. The van der Waals surface area contributed by atoms with Gasteiger partial charge in [0.05, 0.1) is 18.3 Å². The molecule has 1 fully saturated rings. The van der Waals surface area contributed by atoms with E-state index in [1.807, 2.05) is 20.0 Å². The van der Waals surface area contributed by atoms with Crippen molar-refractivity contribution < 1.29 is 9.84 Å². The first-order valence-electron chi connectivity index (χ1n) is 7.21. The first-order chi connectivity index (χ1) is 9.21. The molecule has 1 atom stereocenters. The lowest BCUT2D eigenvalue weighted by Gasteiger charge is -2.42. The summed E-state index contributed by atoms with van der Waals surface area (Å²) in [5.74, 6) is 0.952. The highest BCUT2D eigenvalue weighted by atomic mass is 16.5. The summed E-state index contributed by atoms with van der Waals surface area (Å²) in [6, 6.07) is 4.20. The molecule has 0 spiro atoms. The average Bonchev–Trinajstić information content (AvgIpc) is 2.36. The molecule has 0 bridgehead atoms. The first-order valence-corrected chi connectivity index (χ1v) is 7.21. The minimum absolute atomic E-state index is 0.0417. The van der Waals surface area contributed by atoms with Gasteiger partial charge in [0.15, 0.2) is 0 Å². The smallest absolute Gasteiger partial charge is 0.128 e. The van der Waals surface area contributed by atoms with E-state index in [2.05, 4.69) is 42.8 Å². The van der Waals surface area contributed by atoms with Crippen LogP contribution in [0.25, 0.3) is 0 Å². The fourth-order valence-electron chi connectivity index (χ4n) is 2.58. The molecule has 112 valence electrons. The molecule has 0 saturated carbocycles. The summed E-state index contributed by atoms with van der Waals surface area (Å²) in [6.07, 6.45) is 1.80. The Kier molecular flexibility index (Phi) is 4.07. The van der Waals surface area contributed by atoms with Gasteiger partial charge in [-0.2, -0.15) is 0 Å². The van der Waals surface area contributed by atoms with Crippen LogP contribution in [0.4, 0.5) is 5.82 Å². The summed E-state index contributed by atoms with van der Waals surface area (Å²) in [7, 11) is 0. The summed E-state index contributed by atoms with van der Waals surface area (Å²) in [5, 5.41) is 9.37. The van der Waals surface area contributed by atoms with E-state index in [9.17, 15) is 5.11 Å². The number of ether oxygens (including phenoxy) is 1. The number of hydrogen-bond acceptors (Lipinski definition) is 4. The fourth-order valence-corrected chi connectivity index (χ4v) is 2.58. The number of aliphatic hydroxyl groups excluding tert-OH is 1. The lowest BCUT2D eigenvalue weighted by Crippen LogP contribution is -2.54. The molecule has 0 aliphatic carbocycles. The van der Waals surface area contributed by atoms with E-state index in [0.29, 0.717) is 6.54 Å². The van der Waals surface area contributed by atoms with E-state index >= 15 is 0 Å². The monoisotopic (exact) mass is 278 g/mol. The van der Waals surface area contributed by atoms with Crippen LogP contribution < -0.4 is 4.90 Å². The molecular formula is C16H26N2O2. The highest BCUT2D eigenvalue weighted by molar-refractivity contribution is 5.41. The van der Waals surface area contributed by atoms with Crippen LogP contribution in [0.1, 0.15) is 40.2 Å². The summed E-state index contributed by atoms with van der Waals surface area (Å²) in [4.78, 5) is 6.78. The second-order valence-electron chi connectivity index (χ2n) is 7.22. The van der Waals surface area contributed by atoms with Crippen LogP contribution in [-0.4, -0.2) is 41.5 Å². The molecule has 4 nitrogen and oxygen atoms in total. The van der Waals surface area contributed by atoms with Crippen molar-refractivity contribution in [1.29, 1.82) is 0 Å². The Morgan fingerprint density at radius 3 is 2.60 bits per heavy atom. The maximum atomic E-state index is 9.37. The van der Waals surface area contributed by atoms with Crippen LogP contribution in [0, 0.1) is 0 Å². The molecule has 0 radical (unpaired) electrons. The maximum absolute atomic E-state index is 9.37. The Labute approximate surface area is 121 Å². The molecule has 2 heterocycles. The van der Waals surface area contributed by atoms with Gasteiger partial charge in [-0.1, -0.05) is 26.8 Å². The van der Waals surface area contributed by atoms with Gasteiger partial charge >= 0.3 is 0 Å². The average molecular weight is 278 g/mol. The molecule has 1 aliphatic rings. The van der Waals surface area contributed by atoms with Gasteiger partial charge in [0.2, 0.25) is 0 Å². The Morgan fingerprint density at radius 2 is 2.10 bits per heavy atom. The van der Waals surface area contributed by atoms with Crippen LogP contribution in [0.2, 0.25) is 0 Å². The molecule has 1 aromatic heterocycles. The standard InChI is InChI=1S/C16H26N2O2/c1-15(2,3)12-6-7-14(17-8-12)18-9-13(10-19)20-16(4,5)11-18/h6-8,13,19H,9-11H2,1-5H3. The van der Waals surface area contributed by atoms with Crippen molar-refractivity contribution in [3.8, 4) is 0 Å². The predicted octanol–water partition coefficient (Wildman–Crippen LogP) is 2.36. The summed E-state index contributed by atoms with van der Waals surface area (Å²) >= 11 is 0.